The zero-order valence-electron chi connectivity index (χ0n) is 9.75. The van der Waals surface area contributed by atoms with Crippen LogP contribution >= 0.6 is 0 Å². The maximum Gasteiger partial charge on any atom is 0.317 e. The molecule has 3 N–H and O–H groups in total. The molecular formula is C10H19N3O3. The summed E-state index contributed by atoms with van der Waals surface area (Å²) in [5, 5.41) is 14.5. The van der Waals surface area contributed by atoms with Crippen molar-refractivity contribution in [2.45, 2.75) is 12.8 Å². The number of likely N-dealkylation sites (N-methyl/N-ethyl adjacent to an activating group) is 2. The van der Waals surface area contributed by atoms with E-state index in [1.165, 1.54) is 4.90 Å². The van der Waals surface area contributed by atoms with E-state index < -0.39 is 11.4 Å². The highest BCUT2D eigenvalue weighted by Crippen LogP contribution is 2.45. The van der Waals surface area contributed by atoms with Crippen LogP contribution in [0.4, 0.5) is 4.79 Å². The molecule has 0 radical (unpaired) electrons. The molecular weight excluding hydrogens is 210 g/mol. The highest BCUT2D eigenvalue weighted by molar-refractivity contribution is 5.80. The number of hydrogen-bond acceptors (Lipinski definition) is 3. The molecule has 0 aromatic carbocycles. The van der Waals surface area contributed by atoms with Crippen LogP contribution in [-0.2, 0) is 4.79 Å². The number of carbonyl (C=O) groups is 2. The first-order valence-corrected chi connectivity index (χ1v) is 5.39. The number of aliphatic carboxylic acids is 1. The van der Waals surface area contributed by atoms with Crippen molar-refractivity contribution >= 4 is 12.0 Å². The molecule has 6 nitrogen and oxygen atoms in total. The summed E-state index contributed by atoms with van der Waals surface area (Å²) in [5.41, 5.74) is -0.695. The number of hydrogen-bond donors (Lipinski definition) is 3. The third-order valence-corrected chi connectivity index (χ3v) is 2.93. The molecule has 16 heavy (non-hydrogen) atoms. The Balaban J connectivity index is 2.27. The van der Waals surface area contributed by atoms with Gasteiger partial charge in [-0.1, -0.05) is 0 Å². The van der Waals surface area contributed by atoms with Crippen LogP contribution in [0.5, 0.6) is 0 Å². The van der Waals surface area contributed by atoms with Gasteiger partial charge in [-0.3, -0.25) is 4.79 Å². The maximum absolute atomic E-state index is 11.5. The lowest BCUT2D eigenvalue weighted by Gasteiger charge is -2.19. The summed E-state index contributed by atoms with van der Waals surface area (Å²) in [6.45, 7) is 1.54. The number of carbonyl (C=O) groups excluding carboxylic acids is 1. The first-order valence-electron chi connectivity index (χ1n) is 5.39. The molecule has 6 heteroatoms. The van der Waals surface area contributed by atoms with Gasteiger partial charge in [0.2, 0.25) is 0 Å². The van der Waals surface area contributed by atoms with Gasteiger partial charge in [0.1, 0.15) is 0 Å². The fourth-order valence-electron chi connectivity index (χ4n) is 1.38. The van der Waals surface area contributed by atoms with E-state index in [2.05, 4.69) is 10.6 Å². The Morgan fingerprint density at radius 1 is 1.44 bits per heavy atom. The first-order chi connectivity index (χ1) is 7.52. The minimum Gasteiger partial charge on any atom is -0.481 e. The van der Waals surface area contributed by atoms with Crippen molar-refractivity contribution in [1.29, 1.82) is 0 Å². The lowest BCUT2D eigenvalue weighted by molar-refractivity contribution is -0.143. The van der Waals surface area contributed by atoms with Gasteiger partial charge in [-0.2, -0.15) is 0 Å². The highest BCUT2D eigenvalue weighted by Gasteiger charge is 2.50. The van der Waals surface area contributed by atoms with Crippen LogP contribution in [0.15, 0.2) is 0 Å². The van der Waals surface area contributed by atoms with Crippen LogP contribution in [0, 0.1) is 5.41 Å². The van der Waals surface area contributed by atoms with Gasteiger partial charge in [0, 0.05) is 26.7 Å². The summed E-state index contributed by atoms with van der Waals surface area (Å²) < 4.78 is 0. The Morgan fingerprint density at radius 2 is 2.06 bits per heavy atom. The molecule has 0 heterocycles. The van der Waals surface area contributed by atoms with Crippen LogP contribution in [0.25, 0.3) is 0 Å². The van der Waals surface area contributed by atoms with Gasteiger partial charge in [-0.25, -0.2) is 4.79 Å². The van der Waals surface area contributed by atoms with Gasteiger partial charge >= 0.3 is 12.0 Å². The van der Waals surface area contributed by atoms with Crippen molar-refractivity contribution in [2.75, 3.05) is 33.7 Å². The number of urea groups is 1. The molecule has 0 saturated heterocycles. The number of carboxylic acid groups (broad SMARTS) is 1. The van der Waals surface area contributed by atoms with E-state index in [4.69, 9.17) is 5.11 Å². The standard InChI is InChI=1S/C10H19N3O3/c1-11-5-6-13(2)9(16)12-7-10(3-4-10)8(14)15/h11H,3-7H2,1-2H3,(H,12,16)(H,14,15). The zero-order valence-corrected chi connectivity index (χ0v) is 9.75. The monoisotopic (exact) mass is 229 g/mol. The summed E-state index contributed by atoms with van der Waals surface area (Å²) in [5.74, 6) is -0.814. The molecule has 0 aromatic rings. The second-order valence-electron chi connectivity index (χ2n) is 4.27. The van der Waals surface area contributed by atoms with Crippen LogP contribution in [0.3, 0.4) is 0 Å². The van der Waals surface area contributed by atoms with Gasteiger partial charge in [-0.05, 0) is 19.9 Å². The van der Waals surface area contributed by atoms with Crippen molar-refractivity contribution in [3.8, 4) is 0 Å². The van der Waals surface area contributed by atoms with Gasteiger partial charge in [-0.15, -0.1) is 0 Å². The van der Waals surface area contributed by atoms with Gasteiger partial charge in [0.25, 0.3) is 0 Å². The summed E-state index contributed by atoms with van der Waals surface area (Å²) in [6, 6.07) is -0.220. The van der Waals surface area contributed by atoms with Crippen LogP contribution in [0.1, 0.15) is 12.8 Å². The molecule has 1 fully saturated rings. The van der Waals surface area contributed by atoms with E-state index in [0.29, 0.717) is 25.9 Å². The van der Waals surface area contributed by atoms with Crippen molar-refractivity contribution in [2.24, 2.45) is 5.41 Å². The lowest BCUT2D eigenvalue weighted by atomic mass is 10.1. The molecule has 1 aliphatic carbocycles. The summed E-state index contributed by atoms with van der Waals surface area (Å²) in [4.78, 5) is 23.9. The Hall–Kier alpha value is -1.30. The van der Waals surface area contributed by atoms with Crippen molar-refractivity contribution in [3.63, 3.8) is 0 Å². The fraction of sp³-hybridized carbons (Fsp3) is 0.800. The minimum absolute atomic E-state index is 0.220. The predicted molar refractivity (Wildman–Crippen MR) is 59.3 cm³/mol. The molecule has 0 bridgehead atoms. The Bertz CT molecular complexity index is 276. The number of carboxylic acids is 1. The molecule has 0 atom stereocenters. The van der Waals surface area contributed by atoms with Gasteiger partial charge in [0.05, 0.1) is 5.41 Å². The largest absolute Gasteiger partial charge is 0.481 e. The van der Waals surface area contributed by atoms with E-state index in [0.717, 1.165) is 0 Å². The summed E-state index contributed by atoms with van der Waals surface area (Å²) in [6.07, 6.45) is 1.31. The maximum atomic E-state index is 11.5. The van der Waals surface area contributed by atoms with Crippen LogP contribution in [0.2, 0.25) is 0 Å². The van der Waals surface area contributed by atoms with Crippen molar-refractivity contribution < 1.29 is 14.7 Å². The molecule has 0 unspecified atom stereocenters. The normalized spacial score (nSPS) is 16.6. The second-order valence-corrected chi connectivity index (χ2v) is 4.27. The van der Waals surface area contributed by atoms with E-state index in [-0.39, 0.29) is 12.6 Å². The molecule has 1 rings (SSSR count). The zero-order chi connectivity index (χ0) is 12.2. The molecule has 0 spiro atoms. The number of nitrogens with one attached hydrogen (secondary N) is 2. The Labute approximate surface area is 95.0 Å². The summed E-state index contributed by atoms with van der Waals surface area (Å²) in [7, 11) is 3.50. The Morgan fingerprint density at radius 3 is 2.50 bits per heavy atom. The average Bonchev–Trinajstić information content (AvgIpc) is 3.03. The third-order valence-electron chi connectivity index (χ3n) is 2.93. The van der Waals surface area contributed by atoms with E-state index in [1.54, 1.807) is 7.05 Å². The van der Waals surface area contributed by atoms with E-state index >= 15 is 0 Å². The quantitative estimate of drug-likeness (QED) is 0.584. The number of nitrogens with zero attached hydrogens (tertiary/aromatic N) is 1. The molecule has 0 aliphatic heterocycles. The van der Waals surface area contributed by atoms with Gasteiger partial charge < -0.3 is 20.6 Å². The third kappa shape index (κ3) is 3.10. The first kappa shape index (κ1) is 12.8. The molecule has 1 saturated carbocycles. The van der Waals surface area contributed by atoms with Crippen molar-refractivity contribution in [1.82, 2.24) is 15.5 Å². The molecule has 92 valence electrons. The molecule has 1 aliphatic rings. The number of rotatable bonds is 6. The molecule has 2 amide bonds. The SMILES string of the molecule is CNCCN(C)C(=O)NCC1(C(=O)O)CC1. The second kappa shape index (κ2) is 5.16. The topological polar surface area (TPSA) is 81.7 Å². The number of amides is 2. The van der Waals surface area contributed by atoms with Crippen LogP contribution < -0.4 is 10.6 Å². The van der Waals surface area contributed by atoms with E-state index in [9.17, 15) is 9.59 Å². The minimum atomic E-state index is -0.814. The average molecular weight is 229 g/mol. The fourth-order valence-corrected chi connectivity index (χ4v) is 1.38. The Kier molecular flexibility index (Phi) is 4.12. The predicted octanol–water partition coefficient (Wildman–Crippen LogP) is -0.288. The van der Waals surface area contributed by atoms with E-state index in [1.807, 2.05) is 7.05 Å². The van der Waals surface area contributed by atoms with Crippen molar-refractivity contribution in [3.05, 3.63) is 0 Å². The smallest absolute Gasteiger partial charge is 0.317 e. The lowest BCUT2D eigenvalue weighted by Crippen LogP contribution is -2.43. The van der Waals surface area contributed by atoms with Crippen LogP contribution in [-0.4, -0.2) is 55.7 Å². The van der Waals surface area contributed by atoms with Gasteiger partial charge in [0.15, 0.2) is 0 Å². The summed E-state index contributed by atoms with van der Waals surface area (Å²) >= 11 is 0. The highest BCUT2D eigenvalue weighted by atomic mass is 16.4. The molecule has 0 aromatic heterocycles.